The number of pyridine rings is 1. The molecule has 0 aliphatic carbocycles. The van der Waals surface area contributed by atoms with Crippen molar-refractivity contribution in [3.63, 3.8) is 0 Å². The standard InChI is InChI=1S/C27H39N9O4/c1-19(2)36-22-16-24(31-23-4-7-28-26(32-23)34-8-5-20(39-3)6-9-34)29-17-21(22)30-25(36)18-40-15-14-33-10-12-35(13-11-33)27(37)38/h4,7,16-17,19-20H,5-6,8-15,18H2,1-3H3,(H,37,38)(H,28,29,31,32). The van der Waals surface area contributed by atoms with E-state index in [-0.39, 0.29) is 6.04 Å². The van der Waals surface area contributed by atoms with Gasteiger partial charge in [-0.15, -0.1) is 0 Å². The predicted octanol–water partition coefficient (Wildman–Crippen LogP) is 2.97. The van der Waals surface area contributed by atoms with E-state index in [0.717, 1.165) is 62.4 Å². The van der Waals surface area contributed by atoms with Gasteiger partial charge in [-0.2, -0.15) is 4.98 Å². The first-order chi connectivity index (χ1) is 19.4. The van der Waals surface area contributed by atoms with Crippen LogP contribution in [0.5, 0.6) is 0 Å². The number of methoxy groups -OCH3 is 1. The number of rotatable bonds is 10. The highest BCUT2D eigenvalue weighted by atomic mass is 16.5. The Hall–Kier alpha value is -3.55. The fourth-order valence-electron chi connectivity index (χ4n) is 5.31. The predicted molar refractivity (Wildman–Crippen MR) is 151 cm³/mol. The number of piperazine rings is 1. The van der Waals surface area contributed by atoms with E-state index >= 15 is 0 Å². The minimum Gasteiger partial charge on any atom is -0.465 e. The molecule has 0 spiro atoms. The Balaban J connectivity index is 1.21. The number of piperidine rings is 1. The van der Waals surface area contributed by atoms with Crippen LogP contribution in [0, 0.1) is 0 Å². The molecule has 2 N–H and O–H groups in total. The number of fused-ring (bicyclic) bond motifs is 1. The molecule has 0 bridgehead atoms. The maximum atomic E-state index is 11.1. The largest absolute Gasteiger partial charge is 0.465 e. The first kappa shape index (κ1) is 28.0. The van der Waals surface area contributed by atoms with Gasteiger partial charge in [-0.3, -0.25) is 4.90 Å². The molecule has 0 atom stereocenters. The first-order valence-electron chi connectivity index (χ1n) is 13.9. The Kier molecular flexibility index (Phi) is 8.92. The molecule has 216 valence electrons. The van der Waals surface area contributed by atoms with Crippen molar-refractivity contribution in [1.29, 1.82) is 0 Å². The summed E-state index contributed by atoms with van der Waals surface area (Å²) in [4.78, 5) is 35.6. The van der Waals surface area contributed by atoms with Crippen molar-refractivity contribution in [2.75, 3.05) is 69.7 Å². The van der Waals surface area contributed by atoms with Crippen LogP contribution in [-0.4, -0.2) is 111 Å². The van der Waals surface area contributed by atoms with Gasteiger partial charge in [0.15, 0.2) is 0 Å². The fraction of sp³-hybridized carbons (Fsp3) is 0.593. The summed E-state index contributed by atoms with van der Waals surface area (Å²) in [6, 6.07) is 4.03. The molecule has 5 rings (SSSR count). The van der Waals surface area contributed by atoms with Crippen LogP contribution in [0.3, 0.4) is 0 Å². The number of imidazole rings is 1. The third kappa shape index (κ3) is 6.60. The van der Waals surface area contributed by atoms with Gasteiger partial charge in [-0.25, -0.2) is 19.7 Å². The lowest BCUT2D eigenvalue weighted by atomic mass is 10.1. The molecule has 13 nitrogen and oxygen atoms in total. The summed E-state index contributed by atoms with van der Waals surface area (Å²) in [6.07, 6.45) is 4.92. The van der Waals surface area contributed by atoms with Gasteiger partial charge in [-0.1, -0.05) is 0 Å². The van der Waals surface area contributed by atoms with E-state index in [1.165, 1.54) is 4.90 Å². The monoisotopic (exact) mass is 553 g/mol. The van der Waals surface area contributed by atoms with Gasteiger partial charge in [0, 0.05) is 71.2 Å². The number of amides is 1. The first-order valence-corrected chi connectivity index (χ1v) is 13.9. The van der Waals surface area contributed by atoms with Crippen molar-refractivity contribution < 1.29 is 19.4 Å². The molecule has 5 heterocycles. The van der Waals surface area contributed by atoms with Gasteiger partial charge in [0.25, 0.3) is 0 Å². The number of nitrogens with zero attached hydrogens (tertiary/aromatic N) is 8. The lowest BCUT2D eigenvalue weighted by Gasteiger charge is -2.32. The summed E-state index contributed by atoms with van der Waals surface area (Å²) >= 11 is 0. The van der Waals surface area contributed by atoms with Crippen LogP contribution in [0.1, 0.15) is 38.6 Å². The number of carbonyl (C=O) groups is 1. The number of aromatic nitrogens is 5. The van der Waals surface area contributed by atoms with Crippen molar-refractivity contribution in [1.82, 2.24) is 34.3 Å². The van der Waals surface area contributed by atoms with Gasteiger partial charge in [0.2, 0.25) is 5.95 Å². The van der Waals surface area contributed by atoms with Crippen molar-refractivity contribution in [3.05, 3.63) is 30.4 Å². The minimum atomic E-state index is -0.850. The molecule has 2 saturated heterocycles. The van der Waals surface area contributed by atoms with E-state index in [9.17, 15) is 4.79 Å². The highest BCUT2D eigenvalue weighted by Crippen LogP contribution is 2.25. The molecule has 0 radical (unpaired) electrons. The van der Waals surface area contributed by atoms with Crippen LogP contribution in [0.4, 0.5) is 22.4 Å². The summed E-state index contributed by atoms with van der Waals surface area (Å²) in [5.41, 5.74) is 1.79. The lowest BCUT2D eigenvalue weighted by Crippen LogP contribution is -2.48. The lowest BCUT2D eigenvalue weighted by molar-refractivity contribution is 0.0633. The Labute approximate surface area is 234 Å². The fourth-order valence-corrected chi connectivity index (χ4v) is 5.31. The summed E-state index contributed by atoms with van der Waals surface area (Å²) in [5.74, 6) is 2.93. The Morgan fingerprint density at radius 3 is 2.58 bits per heavy atom. The summed E-state index contributed by atoms with van der Waals surface area (Å²) in [7, 11) is 1.77. The van der Waals surface area contributed by atoms with Gasteiger partial charge >= 0.3 is 6.09 Å². The summed E-state index contributed by atoms with van der Waals surface area (Å²) in [6.45, 7) is 10.2. The smallest absolute Gasteiger partial charge is 0.407 e. The molecular weight excluding hydrogens is 514 g/mol. The summed E-state index contributed by atoms with van der Waals surface area (Å²) in [5, 5.41) is 12.5. The Morgan fingerprint density at radius 1 is 1.10 bits per heavy atom. The number of hydrogen-bond donors (Lipinski definition) is 2. The van der Waals surface area contributed by atoms with Crippen LogP contribution in [-0.2, 0) is 16.1 Å². The number of nitrogens with one attached hydrogen (secondary N) is 1. The second-order valence-electron chi connectivity index (χ2n) is 10.5. The average Bonchev–Trinajstić information content (AvgIpc) is 3.33. The molecule has 0 saturated carbocycles. The second kappa shape index (κ2) is 12.7. The molecular formula is C27H39N9O4. The van der Waals surface area contributed by atoms with E-state index in [1.54, 1.807) is 19.5 Å². The van der Waals surface area contributed by atoms with E-state index in [2.05, 4.69) is 43.5 Å². The van der Waals surface area contributed by atoms with Gasteiger partial charge < -0.3 is 34.3 Å². The molecule has 2 aliphatic heterocycles. The van der Waals surface area contributed by atoms with Gasteiger partial charge in [-0.05, 0) is 32.8 Å². The van der Waals surface area contributed by atoms with Crippen molar-refractivity contribution >= 4 is 34.7 Å². The Morgan fingerprint density at radius 2 is 1.88 bits per heavy atom. The molecule has 0 unspecified atom stereocenters. The third-order valence-corrected chi connectivity index (χ3v) is 7.55. The number of carboxylic acid groups (broad SMARTS) is 1. The van der Waals surface area contributed by atoms with Crippen LogP contribution in [0.15, 0.2) is 24.5 Å². The maximum Gasteiger partial charge on any atom is 0.407 e. The Bertz CT molecular complexity index is 1280. The number of ether oxygens (including phenoxy) is 2. The molecule has 3 aromatic heterocycles. The molecule has 0 aromatic carbocycles. The van der Waals surface area contributed by atoms with Crippen molar-refractivity contribution in [3.8, 4) is 0 Å². The highest BCUT2D eigenvalue weighted by molar-refractivity contribution is 5.79. The topological polar surface area (TPSA) is 134 Å². The van der Waals surface area contributed by atoms with Crippen molar-refractivity contribution in [2.45, 2.75) is 45.4 Å². The minimum absolute atomic E-state index is 0.184. The summed E-state index contributed by atoms with van der Waals surface area (Å²) < 4.78 is 13.7. The zero-order valence-corrected chi connectivity index (χ0v) is 23.5. The van der Waals surface area contributed by atoms with Crippen molar-refractivity contribution in [2.24, 2.45) is 0 Å². The van der Waals surface area contributed by atoms with Crippen LogP contribution < -0.4 is 10.2 Å². The quantitative estimate of drug-likeness (QED) is 0.359. The molecule has 3 aromatic rings. The van der Waals surface area contributed by atoms with Crippen LogP contribution in [0.2, 0.25) is 0 Å². The third-order valence-electron chi connectivity index (χ3n) is 7.55. The average molecular weight is 554 g/mol. The SMILES string of the molecule is COC1CCN(c2nccc(Nc3cc4c(cn3)nc(COCCN3CCN(C(=O)O)CC3)n4C(C)C)n2)CC1. The zero-order chi connectivity index (χ0) is 28.1. The van der Waals surface area contributed by atoms with Gasteiger partial charge in [0.1, 0.15) is 29.6 Å². The molecule has 13 heteroatoms. The maximum absolute atomic E-state index is 11.1. The van der Waals surface area contributed by atoms with E-state index in [4.69, 9.17) is 24.5 Å². The van der Waals surface area contributed by atoms with E-state index in [0.29, 0.717) is 50.0 Å². The zero-order valence-electron chi connectivity index (χ0n) is 23.5. The number of hydrogen-bond acceptors (Lipinski definition) is 10. The van der Waals surface area contributed by atoms with Crippen LogP contribution in [0.25, 0.3) is 11.0 Å². The number of anilines is 3. The molecule has 2 aliphatic rings. The van der Waals surface area contributed by atoms with Crippen LogP contribution >= 0.6 is 0 Å². The second-order valence-corrected chi connectivity index (χ2v) is 10.5. The molecule has 2 fully saturated rings. The molecule has 1 amide bonds. The van der Waals surface area contributed by atoms with E-state index in [1.807, 2.05) is 12.1 Å². The normalized spacial score (nSPS) is 17.2. The highest BCUT2D eigenvalue weighted by Gasteiger charge is 2.22. The molecule has 40 heavy (non-hydrogen) atoms. The van der Waals surface area contributed by atoms with Gasteiger partial charge in [0.05, 0.1) is 24.4 Å². The van der Waals surface area contributed by atoms with E-state index < -0.39 is 6.09 Å².